The zero-order chi connectivity index (χ0) is 21.3. The fraction of sp³-hybridized carbons (Fsp3) is 0.600. The predicted molar refractivity (Wildman–Crippen MR) is 106 cm³/mol. The molecule has 162 valence electrons. The van der Waals surface area contributed by atoms with Crippen molar-refractivity contribution in [2.75, 3.05) is 53.6 Å². The molecule has 30 heavy (non-hydrogen) atoms. The summed E-state index contributed by atoms with van der Waals surface area (Å²) in [4.78, 5) is 48.2. The van der Waals surface area contributed by atoms with Crippen LogP contribution in [0.15, 0.2) is 18.3 Å². The number of fused-ring (bicyclic) bond motifs is 4. The molecule has 1 N–H and O–H groups in total. The van der Waals surface area contributed by atoms with Crippen LogP contribution in [0.5, 0.6) is 5.88 Å². The quantitative estimate of drug-likeness (QED) is 0.656. The first-order valence-electron chi connectivity index (χ1n) is 10.1. The molecular weight excluding hydrogens is 390 g/mol. The number of piperazine rings is 1. The largest absolute Gasteiger partial charge is 0.475 e. The molecule has 1 aromatic heterocycles. The number of likely N-dealkylation sites (N-methyl/N-ethyl adjacent to an activating group) is 1. The second-order valence-corrected chi connectivity index (χ2v) is 7.99. The molecule has 3 aliphatic rings. The molecule has 10 heteroatoms. The summed E-state index contributed by atoms with van der Waals surface area (Å²) in [5, 5.41) is 3.00. The molecule has 3 atom stereocenters. The SMILES string of the molecule is COCC(=O)N1CCN2C(=O)[C@@H]3C[C@@H](CN3C)NC(=O)c3cccnc3OC[C@@H]2C1. The van der Waals surface area contributed by atoms with Crippen molar-refractivity contribution < 1.29 is 23.9 Å². The van der Waals surface area contributed by atoms with E-state index in [9.17, 15) is 14.4 Å². The number of nitrogens with one attached hydrogen (secondary N) is 1. The molecule has 2 bridgehead atoms. The van der Waals surface area contributed by atoms with Gasteiger partial charge in [0.2, 0.25) is 17.7 Å². The number of nitrogens with zero attached hydrogens (tertiary/aromatic N) is 4. The highest BCUT2D eigenvalue weighted by Gasteiger charge is 2.42. The number of carbonyl (C=O) groups is 3. The summed E-state index contributed by atoms with van der Waals surface area (Å²) in [6, 6.07) is 2.59. The van der Waals surface area contributed by atoms with Gasteiger partial charge in [0.25, 0.3) is 5.91 Å². The van der Waals surface area contributed by atoms with Gasteiger partial charge in [-0.1, -0.05) is 0 Å². The van der Waals surface area contributed by atoms with Crippen molar-refractivity contribution in [1.29, 1.82) is 0 Å². The second kappa shape index (κ2) is 8.57. The number of methoxy groups -OCH3 is 1. The van der Waals surface area contributed by atoms with Crippen LogP contribution in [0.3, 0.4) is 0 Å². The summed E-state index contributed by atoms with van der Waals surface area (Å²) in [5.41, 5.74) is 0.366. The standard InChI is InChI=1S/C20H27N5O5/c1-23-9-13-8-16(23)20(28)25-7-6-24(17(26)12-29-2)10-14(25)11-30-19-15(18(27)22-13)4-3-5-21-19/h3-5,13-14,16H,6-12H2,1-2H3,(H,22,27)/t13-,14-,16-/m0/s1. The number of pyridine rings is 1. The maximum atomic E-state index is 13.4. The van der Waals surface area contributed by atoms with E-state index in [0.29, 0.717) is 38.2 Å². The van der Waals surface area contributed by atoms with Crippen LogP contribution in [0, 0.1) is 0 Å². The molecule has 2 saturated heterocycles. The Hall–Kier alpha value is -2.72. The van der Waals surface area contributed by atoms with Gasteiger partial charge < -0.3 is 24.6 Å². The van der Waals surface area contributed by atoms with E-state index in [1.165, 1.54) is 7.11 Å². The fourth-order valence-corrected chi connectivity index (χ4v) is 4.43. The fourth-order valence-electron chi connectivity index (χ4n) is 4.43. The maximum Gasteiger partial charge on any atom is 0.257 e. The van der Waals surface area contributed by atoms with Crippen LogP contribution in [0.2, 0.25) is 0 Å². The van der Waals surface area contributed by atoms with E-state index in [-0.39, 0.29) is 54.9 Å². The Morgan fingerprint density at radius 2 is 2.17 bits per heavy atom. The minimum Gasteiger partial charge on any atom is -0.475 e. The van der Waals surface area contributed by atoms with Crippen molar-refractivity contribution in [1.82, 2.24) is 25.0 Å². The molecular formula is C20H27N5O5. The van der Waals surface area contributed by atoms with Crippen LogP contribution in [-0.4, -0.2) is 109 Å². The van der Waals surface area contributed by atoms with Crippen LogP contribution in [0.25, 0.3) is 0 Å². The lowest BCUT2D eigenvalue weighted by molar-refractivity contribution is -0.148. The van der Waals surface area contributed by atoms with E-state index in [1.807, 2.05) is 16.8 Å². The van der Waals surface area contributed by atoms with Gasteiger partial charge in [0.15, 0.2) is 0 Å². The van der Waals surface area contributed by atoms with E-state index in [0.717, 1.165) is 0 Å². The third kappa shape index (κ3) is 3.97. The van der Waals surface area contributed by atoms with Crippen LogP contribution in [-0.2, 0) is 14.3 Å². The van der Waals surface area contributed by atoms with E-state index >= 15 is 0 Å². The van der Waals surface area contributed by atoms with Crippen LogP contribution in [0.4, 0.5) is 0 Å². The summed E-state index contributed by atoms with van der Waals surface area (Å²) < 4.78 is 10.9. The van der Waals surface area contributed by atoms with Crippen LogP contribution in [0.1, 0.15) is 16.8 Å². The highest BCUT2D eigenvalue weighted by molar-refractivity contribution is 5.96. The third-order valence-electron chi connectivity index (χ3n) is 5.98. The third-order valence-corrected chi connectivity index (χ3v) is 5.98. The molecule has 0 aromatic carbocycles. The van der Waals surface area contributed by atoms with Gasteiger partial charge >= 0.3 is 0 Å². The molecule has 4 rings (SSSR count). The minimum atomic E-state index is -0.336. The number of hydrogen-bond acceptors (Lipinski definition) is 7. The Kier molecular flexibility index (Phi) is 5.87. The molecule has 3 aliphatic heterocycles. The number of ether oxygens (including phenoxy) is 2. The molecule has 0 radical (unpaired) electrons. The number of hydrogen-bond donors (Lipinski definition) is 1. The molecule has 0 unspecified atom stereocenters. The normalized spacial score (nSPS) is 27.3. The molecule has 4 heterocycles. The molecule has 1 aromatic rings. The monoisotopic (exact) mass is 417 g/mol. The minimum absolute atomic E-state index is 0.000867. The molecule has 3 amide bonds. The summed E-state index contributed by atoms with van der Waals surface area (Å²) in [6.45, 7) is 1.96. The van der Waals surface area contributed by atoms with Crippen LogP contribution < -0.4 is 10.1 Å². The summed E-state index contributed by atoms with van der Waals surface area (Å²) in [5.74, 6) is -0.149. The molecule has 0 saturated carbocycles. The van der Waals surface area contributed by atoms with Crippen molar-refractivity contribution in [3.8, 4) is 5.88 Å². The number of amides is 3. The number of rotatable bonds is 2. The van der Waals surface area contributed by atoms with Crippen molar-refractivity contribution in [2.45, 2.75) is 24.5 Å². The Morgan fingerprint density at radius 3 is 2.97 bits per heavy atom. The predicted octanol–water partition coefficient (Wildman–Crippen LogP) is -1.04. The van der Waals surface area contributed by atoms with Crippen molar-refractivity contribution >= 4 is 17.7 Å². The molecule has 10 nitrogen and oxygen atoms in total. The van der Waals surface area contributed by atoms with Crippen LogP contribution >= 0.6 is 0 Å². The first-order valence-corrected chi connectivity index (χ1v) is 10.1. The van der Waals surface area contributed by atoms with Gasteiger partial charge in [0, 0.05) is 45.5 Å². The summed E-state index contributed by atoms with van der Waals surface area (Å²) in [6.07, 6.45) is 2.11. The van der Waals surface area contributed by atoms with Gasteiger partial charge in [0.05, 0.1) is 12.1 Å². The lowest BCUT2D eigenvalue weighted by atomic mass is 10.1. The van der Waals surface area contributed by atoms with Gasteiger partial charge in [-0.15, -0.1) is 0 Å². The average molecular weight is 417 g/mol. The number of likely N-dealkylation sites (tertiary alicyclic amines) is 1. The summed E-state index contributed by atoms with van der Waals surface area (Å²) in [7, 11) is 3.38. The zero-order valence-corrected chi connectivity index (χ0v) is 17.2. The van der Waals surface area contributed by atoms with Gasteiger partial charge in [-0.3, -0.25) is 19.3 Å². The second-order valence-electron chi connectivity index (χ2n) is 7.99. The van der Waals surface area contributed by atoms with Gasteiger partial charge in [-0.05, 0) is 25.6 Å². The van der Waals surface area contributed by atoms with E-state index in [4.69, 9.17) is 9.47 Å². The highest BCUT2D eigenvalue weighted by atomic mass is 16.5. The Morgan fingerprint density at radius 1 is 1.33 bits per heavy atom. The maximum absolute atomic E-state index is 13.4. The van der Waals surface area contributed by atoms with E-state index in [2.05, 4.69) is 10.3 Å². The smallest absolute Gasteiger partial charge is 0.257 e. The molecule has 0 spiro atoms. The number of aromatic nitrogens is 1. The topological polar surface area (TPSA) is 104 Å². The Balaban J connectivity index is 1.64. The zero-order valence-electron chi connectivity index (χ0n) is 17.2. The van der Waals surface area contributed by atoms with Crippen molar-refractivity contribution in [2.24, 2.45) is 0 Å². The van der Waals surface area contributed by atoms with Gasteiger partial charge in [-0.2, -0.15) is 0 Å². The van der Waals surface area contributed by atoms with E-state index < -0.39 is 0 Å². The van der Waals surface area contributed by atoms with Crippen molar-refractivity contribution in [3.63, 3.8) is 0 Å². The van der Waals surface area contributed by atoms with Gasteiger partial charge in [0.1, 0.15) is 18.8 Å². The summed E-state index contributed by atoms with van der Waals surface area (Å²) >= 11 is 0. The Bertz CT molecular complexity index is 834. The average Bonchev–Trinajstić information content (AvgIpc) is 3.11. The Labute approximate surface area is 175 Å². The molecule has 2 fully saturated rings. The van der Waals surface area contributed by atoms with Crippen molar-refractivity contribution in [3.05, 3.63) is 23.9 Å². The lowest BCUT2D eigenvalue weighted by Gasteiger charge is -2.42. The number of carbonyl (C=O) groups excluding carboxylic acids is 3. The van der Waals surface area contributed by atoms with E-state index in [1.54, 1.807) is 23.2 Å². The highest BCUT2D eigenvalue weighted by Crippen LogP contribution is 2.24. The first kappa shape index (κ1) is 20.5. The van der Waals surface area contributed by atoms with Gasteiger partial charge in [-0.25, -0.2) is 4.98 Å². The molecule has 0 aliphatic carbocycles. The lowest BCUT2D eigenvalue weighted by Crippen LogP contribution is -2.61. The first-order chi connectivity index (χ1) is 14.5.